The van der Waals surface area contributed by atoms with Gasteiger partial charge in [0, 0.05) is 29.3 Å². The fourth-order valence-electron chi connectivity index (χ4n) is 4.58. The highest BCUT2D eigenvalue weighted by molar-refractivity contribution is 6.12. The number of carbonyl (C=O) groups is 2. The highest BCUT2D eigenvalue weighted by Crippen LogP contribution is 2.37. The summed E-state index contributed by atoms with van der Waals surface area (Å²) in [7, 11) is 0. The topological polar surface area (TPSA) is 103 Å². The van der Waals surface area contributed by atoms with E-state index in [-0.39, 0.29) is 18.4 Å². The quantitative estimate of drug-likeness (QED) is 0.429. The van der Waals surface area contributed by atoms with Gasteiger partial charge in [0.25, 0.3) is 5.56 Å². The van der Waals surface area contributed by atoms with Crippen molar-refractivity contribution < 1.29 is 14.7 Å². The molecule has 1 aliphatic rings. The number of nitrogens with one attached hydrogen (secondary N) is 1. The molecule has 1 aromatic heterocycles. The van der Waals surface area contributed by atoms with E-state index in [9.17, 15) is 14.4 Å². The fourth-order valence-corrected chi connectivity index (χ4v) is 4.58. The summed E-state index contributed by atoms with van der Waals surface area (Å²) in [5, 5.41) is 15.9. The Bertz CT molecular complexity index is 1490. The summed E-state index contributed by atoms with van der Waals surface area (Å²) in [4.78, 5) is 40.5. The standard InChI is InChI=1S/C28H23N3O4/c32-24(15-16-25(33)34)31-23(18-9-3-1-4-10-18)17-22(30-31)27-26(19-11-5-2-6-12-19)20-13-7-8-14-21(20)29-28(27)35/h1-14,23H,15-17H2,(H,29,35)(H,33,34)/t23-/m0/s1. The number of aromatic amines is 1. The molecule has 1 aliphatic heterocycles. The normalized spacial score (nSPS) is 15.3. The van der Waals surface area contributed by atoms with E-state index in [0.717, 1.165) is 22.1 Å². The van der Waals surface area contributed by atoms with Crippen molar-refractivity contribution in [1.29, 1.82) is 0 Å². The number of carboxylic acid groups (broad SMARTS) is 1. The molecule has 174 valence electrons. The van der Waals surface area contributed by atoms with Crippen LogP contribution in [0.3, 0.4) is 0 Å². The van der Waals surface area contributed by atoms with E-state index in [1.54, 1.807) is 0 Å². The molecule has 7 heteroatoms. The molecular weight excluding hydrogens is 442 g/mol. The minimum absolute atomic E-state index is 0.172. The minimum atomic E-state index is -1.05. The predicted molar refractivity (Wildman–Crippen MR) is 134 cm³/mol. The first-order valence-electron chi connectivity index (χ1n) is 11.4. The lowest BCUT2D eigenvalue weighted by Gasteiger charge is -2.21. The highest BCUT2D eigenvalue weighted by atomic mass is 16.4. The lowest BCUT2D eigenvalue weighted by molar-refractivity contribution is -0.141. The number of para-hydroxylation sites is 1. The number of amides is 1. The van der Waals surface area contributed by atoms with Crippen LogP contribution in [0.2, 0.25) is 0 Å². The second-order valence-electron chi connectivity index (χ2n) is 8.43. The number of carboxylic acids is 1. The Kier molecular flexibility index (Phi) is 5.97. The number of pyridine rings is 1. The van der Waals surface area contributed by atoms with Crippen LogP contribution in [-0.2, 0) is 9.59 Å². The third kappa shape index (κ3) is 4.36. The molecule has 0 saturated heterocycles. The second kappa shape index (κ2) is 9.38. The van der Waals surface area contributed by atoms with Gasteiger partial charge in [-0.3, -0.25) is 14.4 Å². The minimum Gasteiger partial charge on any atom is -0.481 e. The Morgan fingerprint density at radius 1 is 0.886 bits per heavy atom. The molecule has 5 rings (SSSR count). The van der Waals surface area contributed by atoms with Gasteiger partial charge >= 0.3 is 5.97 Å². The number of H-pyrrole nitrogens is 1. The molecule has 0 spiro atoms. The molecule has 0 bridgehead atoms. The van der Waals surface area contributed by atoms with Gasteiger partial charge in [-0.05, 0) is 17.2 Å². The van der Waals surface area contributed by atoms with Crippen LogP contribution in [0, 0.1) is 0 Å². The number of carbonyl (C=O) groups excluding carboxylic acids is 1. The zero-order chi connectivity index (χ0) is 24.4. The molecule has 3 aromatic carbocycles. The maximum absolute atomic E-state index is 13.4. The molecule has 2 heterocycles. The lowest BCUT2D eigenvalue weighted by Crippen LogP contribution is -2.27. The zero-order valence-electron chi connectivity index (χ0n) is 18.8. The number of nitrogens with zero attached hydrogens (tertiary/aromatic N) is 2. The number of hydrogen-bond acceptors (Lipinski definition) is 4. The smallest absolute Gasteiger partial charge is 0.303 e. The highest BCUT2D eigenvalue weighted by Gasteiger charge is 2.35. The number of hydrazone groups is 1. The van der Waals surface area contributed by atoms with Gasteiger partial charge in [0.1, 0.15) is 0 Å². The summed E-state index contributed by atoms with van der Waals surface area (Å²) in [6.45, 7) is 0. The molecule has 0 aliphatic carbocycles. The number of rotatable bonds is 6. The first kappa shape index (κ1) is 22.3. The molecule has 2 N–H and O–H groups in total. The summed E-state index contributed by atoms with van der Waals surface area (Å²) >= 11 is 0. The van der Waals surface area contributed by atoms with Crippen molar-refractivity contribution in [3.8, 4) is 11.1 Å². The van der Waals surface area contributed by atoms with Gasteiger partial charge in [0.2, 0.25) is 5.91 Å². The van der Waals surface area contributed by atoms with Crippen LogP contribution in [-0.4, -0.2) is 32.7 Å². The maximum atomic E-state index is 13.4. The van der Waals surface area contributed by atoms with E-state index in [0.29, 0.717) is 23.2 Å². The van der Waals surface area contributed by atoms with Gasteiger partial charge in [-0.1, -0.05) is 78.9 Å². The van der Waals surface area contributed by atoms with Gasteiger partial charge in [0.05, 0.1) is 23.7 Å². The van der Waals surface area contributed by atoms with E-state index >= 15 is 0 Å². The Balaban J connectivity index is 1.68. The molecule has 0 saturated carbocycles. The van der Waals surface area contributed by atoms with Crippen LogP contribution >= 0.6 is 0 Å². The third-order valence-corrected chi connectivity index (χ3v) is 6.18. The molecule has 1 atom stereocenters. The molecule has 7 nitrogen and oxygen atoms in total. The number of benzene rings is 3. The molecule has 1 amide bonds. The van der Waals surface area contributed by atoms with E-state index in [2.05, 4.69) is 10.1 Å². The average molecular weight is 466 g/mol. The van der Waals surface area contributed by atoms with E-state index in [1.807, 2.05) is 84.9 Å². The Morgan fingerprint density at radius 2 is 1.54 bits per heavy atom. The molecule has 0 radical (unpaired) electrons. The van der Waals surface area contributed by atoms with Crippen LogP contribution in [0.25, 0.3) is 22.0 Å². The van der Waals surface area contributed by atoms with E-state index in [4.69, 9.17) is 5.11 Å². The second-order valence-corrected chi connectivity index (χ2v) is 8.43. The van der Waals surface area contributed by atoms with Crippen molar-refractivity contribution in [1.82, 2.24) is 9.99 Å². The number of fused-ring (bicyclic) bond motifs is 1. The van der Waals surface area contributed by atoms with Crippen molar-refractivity contribution in [2.24, 2.45) is 5.10 Å². The lowest BCUT2D eigenvalue weighted by atomic mass is 9.91. The van der Waals surface area contributed by atoms with Crippen molar-refractivity contribution in [3.63, 3.8) is 0 Å². The third-order valence-electron chi connectivity index (χ3n) is 6.18. The molecule has 4 aromatic rings. The van der Waals surface area contributed by atoms with Crippen molar-refractivity contribution >= 4 is 28.5 Å². The average Bonchev–Trinajstić information content (AvgIpc) is 3.32. The van der Waals surface area contributed by atoms with Crippen molar-refractivity contribution in [2.75, 3.05) is 0 Å². The Labute approximate surface area is 201 Å². The summed E-state index contributed by atoms with van der Waals surface area (Å²) in [5.74, 6) is -1.44. The largest absolute Gasteiger partial charge is 0.481 e. The summed E-state index contributed by atoms with van der Waals surface area (Å²) < 4.78 is 0. The molecule has 0 unspecified atom stereocenters. The van der Waals surface area contributed by atoms with Gasteiger partial charge in [-0.15, -0.1) is 0 Å². The van der Waals surface area contributed by atoms with Gasteiger partial charge in [-0.2, -0.15) is 5.10 Å². The Hall–Kier alpha value is -4.52. The van der Waals surface area contributed by atoms with Crippen molar-refractivity contribution in [2.45, 2.75) is 25.3 Å². The van der Waals surface area contributed by atoms with Gasteiger partial charge in [0.15, 0.2) is 0 Å². The van der Waals surface area contributed by atoms with E-state index in [1.165, 1.54) is 5.01 Å². The zero-order valence-corrected chi connectivity index (χ0v) is 18.8. The predicted octanol–water partition coefficient (Wildman–Crippen LogP) is 4.74. The first-order valence-corrected chi connectivity index (χ1v) is 11.4. The summed E-state index contributed by atoms with van der Waals surface area (Å²) in [6.07, 6.45) is -0.118. The van der Waals surface area contributed by atoms with Crippen LogP contribution in [0.5, 0.6) is 0 Å². The summed E-state index contributed by atoms with van der Waals surface area (Å²) in [5.41, 5.74) is 3.85. The Morgan fingerprint density at radius 3 is 2.26 bits per heavy atom. The van der Waals surface area contributed by atoms with Crippen molar-refractivity contribution in [3.05, 3.63) is 106 Å². The number of aromatic nitrogens is 1. The number of aliphatic carboxylic acids is 1. The van der Waals surface area contributed by atoms with Gasteiger partial charge in [-0.25, -0.2) is 5.01 Å². The van der Waals surface area contributed by atoms with Crippen LogP contribution in [0.15, 0.2) is 94.8 Å². The first-order chi connectivity index (χ1) is 17.0. The van der Waals surface area contributed by atoms with Crippen LogP contribution in [0.4, 0.5) is 0 Å². The number of hydrogen-bond donors (Lipinski definition) is 2. The fraction of sp³-hybridized carbons (Fsp3) is 0.143. The summed E-state index contributed by atoms with van der Waals surface area (Å²) in [6, 6.07) is 26.3. The SMILES string of the molecule is O=C(O)CCC(=O)N1N=C(c2c(-c3ccccc3)c3ccccc3[nH]c2=O)C[C@H]1c1ccccc1. The molecular formula is C28H23N3O4. The molecule has 35 heavy (non-hydrogen) atoms. The van der Waals surface area contributed by atoms with Gasteiger partial charge < -0.3 is 10.1 Å². The maximum Gasteiger partial charge on any atom is 0.303 e. The van der Waals surface area contributed by atoms with Crippen LogP contribution in [0.1, 0.15) is 36.4 Å². The van der Waals surface area contributed by atoms with E-state index < -0.39 is 17.9 Å². The van der Waals surface area contributed by atoms with Crippen LogP contribution < -0.4 is 5.56 Å². The monoisotopic (exact) mass is 465 g/mol. The molecule has 0 fully saturated rings.